The highest BCUT2D eigenvalue weighted by Crippen LogP contribution is 2.55. The number of hydrogen-bond acceptors (Lipinski definition) is 3. The van der Waals surface area contributed by atoms with Crippen molar-refractivity contribution in [3.63, 3.8) is 0 Å². The summed E-state index contributed by atoms with van der Waals surface area (Å²) in [6.45, 7) is 1.08. The van der Waals surface area contributed by atoms with Crippen LogP contribution in [-0.4, -0.2) is 43.9 Å². The van der Waals surface area contributed by atoms with Gasteiger partial charge in [0.1, 0.15) is 10.7 Å². The molecule has 4 saturated carbocycles. The SMILES string of the molecule is O=C(NCC1CCN(S(=O)(=O)c2ccccc2F)C1)NC12CC3CC(CC(C3)C1)C2. The highest BCUT2D eigenvalue weighted by molar-refractivity contribution is 7.89. The Kier molecular flexibility index (Phi) is 5.05. The van der Waals surface area contributed by atoms with Gasteiger partial charge in [-0.1, -0.05) is 12.1 Å². The molecule has 1 atom stereocenters. The third-order valence-electron chi connectivity index (χ3n) is 7.67. The van der Waals surface area contributed by atoms with Crippen LogP contribution in [0.3, 0.4) is 0 Å². The molecular weight excluding hydrogens is 405 g/mol. The maximum atomic E-state index is 14.0. The van der Waals surface area contributed by atoms with Crippen molar-refractivity contribution in [2.24, 2.45) is 23.7 Å². The van der Waals surface area contributed by atoms with Gasteiger partial charge in [-0.2, -0.15) is 4.31 Å². The number of carbonyl (C=O) groups is 1. The Morgan fingerprint density at radius 2 is 1.73 bits per heavy atom. The number of hydrogen-bond donors (Lipinski definition) is 2. The molecule has 2 amide bonds. The lowest BCUT2D eigenvalue weighted by Crippen LogP contribution is -2.61. The van der Waals surface area contributed by atoms with Crippen molar-refractivity contribution in [1.82, 2.24) is 14.9 Å². The lowest BCUT2D eigenvalue weighted by molar-refractivity contribution is -0.0135. The predicted octanol–water partition coefficient (Wildman–Crippen LogP) is 3.10. The molecule has 1 aliphatic heterocycles. The molecule has 1 unspecified atom stereocenters. The van der Waals surface area contributed by atoms with E-state index in [4.69, 9.17) is 0 Å². The Hall–Kier alpha value is -1.67. The maximum Gasteiger partial charge on any atom is 0.315 e. The normalized spacial score (nSPS) is 35.5. The van der Waals surface area contributed by atoms with Crippen LogP contribution in [0.4, 0.5) is 9.18 Å². The van der Waals surface area contributed by atoms with Gasteiger partial charge in [0.05, 0.1) is 0 Å². The summed E-state index contributed by atoms with van der Waals surface area (Å²) < 4.78 is 40.8. The monoisotopic (exact) mass is 435 g/mol. The fraction of sp³-hybridized carbons (Fsp3) is 0.682. The van der Waals surface area contributed by atoms with Crippen molar-refractivity contribution < 1.29 is 17.6 Å². The lowest BCUT2D eigenvalue weighted by Gasteiger charge is -2.56. The van der Waals surface area contributed by atoms with E-state index in [9.17, 15) is 17.6 Å². The topological polar surface area (TPSA) is 78.5 Å². The zero-order chi connectivity index (χ0) is 20.9. The summed E-state index contributed by atoms with van der Waals surface area (Å²) in [5, 5.41) is 6.27. The quantitative estimate of drug-likeness (QED) is 0.746. The third-order valence-corrected chi connectivity index (χ3v) is 9.57. The number of halogens is 1. The van der Waals surface area contributed by atoms with Crippen molar-refractivity contribution >= 4 is 16.1 Å². The van der Waals surface area contributed by atoms with Gasteiger partial charge in [0.15, 0.2) is 0 Å². The number of amides is 2. The van der Waals surface area contributed by atoms with Gasteiger partial charge in [-0.3, -0.25) is 0 Å². The first-order chi connectivity index (χ1) is 14.3. The number of carbonyl (C=O) groups excluding carboxylic acids is 1. The average Bonchev–Trinajstić information content (AvgIpc) is 3.15. The molecule has 2 N–H and O–H groups in total. The molecule has 8 heteroatoms. The summed E-state index contributed by atoms with van der Waals surface area (Å²) in [7, 11) is -3.85. The number of nitrogens with one attached hydrogen (secondary N) is 2. The van der Waals surface area contributed by atoms with Crippen LogP contribution >= 0.6 is 0 Å². The molecule has 1 saturated heterocycles. The predicted molar refractivity (Wildman–Crippen MR) is 111 cm³/mol. The van der Waals surface area contributed by atoms with E-state index in [1.807, 2.05) is 0 Å². The van der Waals surface area contributed by atoms with Crippen molar-refractivity contribution in [2.75, 3.05) is 19.6 Å². The summed E-state index contributed by atoms with van der Waals surface area (Å²) in [5.41, 5.74) is -0.0330. The smallest absolute Gasteiger partial charge is 0.315 e. The maximum absolute atomic E-state index is 14.0. The van der Waals surface area contributed by atoms with Crippen LogP contribution in [0.2, 0.25) is 0 Å². The lowest BCUT2D eigenvalue weighted by atomic mass is 9.53. The minimum absolute atomic E-state index is 0.0330. The van der Waals surface area contributed by atoms with E-state index >= 15 is 0 Å². The molecule has 164 valence electrons. The molecule has 1 aromatic rings. The summed E-state index contributed by atoms with van der Waals surface area (Å²) in [4.78, 5) is 12.3. The van der Waals surface area contributed by atoms with Gasteiger partial charge in [-0.05, 0) is 80.8 Å². The number of urea groups is 1. The molecule has 6 rings (SSSR count). The van der Waals surface area contributed by atoms with E-state index in [-0.39, 0.29) is 22.4 Å². The van der Waals surface area contributed by atoms with E-state index in [1.54, 1.807) is 0 Å². The summed E-state index contributed by atoms with van der Waals surface area (Å²) in [5.74, 6) is 1.61. The first-order valence-corrected chi connectivity index (χ1v) is 12.6. The number of rotatable bonds is 5. The molecule has 30 heavy (non-hydrogen) atoms. The summed E-state index contributed by atoms with van der Waals surface area (Å²) in [6, 6.07) is 5.34. The van der Waals surface area contributed by atoms with Gasteiger partial charge in [-0.25, -0.2) is 17.6 Å². The Bertz CT molecular complexity index is 900. The summed E-state index contributed by atoms with van der Waals surface area (Å²) >= 11 is 0. The third kappa shape index (κ3) is 3.73. The minimum atomic E-state index is -3.85. The average molecular weight is 436 g/mol. The molecule has 4 aliphatic carbocycles. The van der Waals surface area contributed by atoms with E-state index in [1.165, 1.54) is 41.8 Å². The van der Waals surface area contributed by atoms with Crippen LogP contribution in [0.25, 0.3) is 0 Å². The second-order valence-electron chi connectivity index (χ2n) is 9.98. The van der Waals surface area contributed by atoms with Crippen LogP contribution in [0, 0.1) is 29.5 Å². The Labute approximate surface area is 177 Å². The van der Waals surface area contributed by atoms with Gasteiger partial charge in [-0.15, -0.1) is 0 Å². The standard InChI is InChI=1S/C22H30FN3O3S/c23-19-3-1-2-4-20(19)30(28,29)26-6-5-15(14-26)13-24-21(27)25-22-10-16-7-17(11-22)9-18(8-16)12-22/h1-4,15-18H,5-14H2,(H2,24,25,27). The van der Waals surface area contributed by atoms with Crippen molar-refractivity contribution in [2.45, 2.75) is 55.4 Å². The van der Waals surface area contributed by atoms with E-state index in [0.29, 0.717) is 26.1 Å². The van der Waals surface area contributed by atoms with Crippen molar-refractivity contribution in [3.8, 4) is 0 Å². The highest BCUT2D eigenvalue weighted by Gasteiger charge is 2.51. The molecule has 1 heterocycles. The van der Waals surface area contributed by atoms with Crippen molar-refractivity contribution in [3.05, 3.63) is 30.1 Å². The van der Waals surface area contributed by atoms with Crippen LogP contribution in [0.15, 0.2) is 29.2 Å². The van der Waals surface area contributed by atoms with Gasteiger partial charge in [0, 0.05) is 25.2 Å². The number of sulfonamides is 1. The first-order valence-electron chi connectivity index (χ1n) is 11.1. The zero-order valence-electron chi connectivity index (χ0n) is 17.1. The van der Waals surface area contributed by atoms with Gasteiger partial charge < -0.3 is 10.6 Å². The molecular formula is C22H30FN3O3S. The van der Waals surface area contributed by atoms with E-state index in [2.05, 4.69) is 10.6 Å². The summed E-state index contributed by atoms with van der Waals surface area (Å²) in [6.07, 6.45) is 7.95. The van der Waals surface area contributed by atoms with Crippen molar-refractivity contribution in [1.29, 1.82) is 0 Å². The fourth-order valence-electron chi connectivity index (χ4n) is 6.76. The molecule has 4 bridgehead atoms. The van der Waals surface area contributed by atoms with E-state index < -0.39 is 15.8 Å². The van der Waals surface area contributed by atoms with Crippen LogP contribution < -0.4 is 10.6 Å². The fourth-order valence-corrected chi connectivity index (χ4v) is 8.36. The van der Waals surface area contributed by atoms with Gasteiger partial charge >= 0.3 is 6.03 Å². The largest absolute Gasteiger partial charge is 0.338 e. The minimum Gasteiger partial charge on any atom is -0.338 e. The Morgan fingerprint density at radius 1 is 1.10 bits per heavy atom. The molecule has 6 nitrogen and oxygen atoms in total. The Morgan fingerprint density at radius 3 is 2.37 bits per heavy atom. The second-order valence-corrected chi connectivity index (χ2v) is 11.9. The molecule has 0 aromatic heterocycles. The molecule has 5 aliphatic rings. The van der Waals surface area contributed by atoms with Crippen LogP contribution in [-0.2, 0) is 10.0 Å². The zero-order valence-corrected chi connectivity index (χ0v) is 18.0. The molecule has 1 aromatic carbocycles. The Balaban J connectivity index is 1.15. The second kappa shape index (κ2) is 7.48. The molecule has 0 radical (unpaired) electrons. The van der Waals surface area contributed by atoms with Crippen LogP contribution in [0.5, 0.6) is 0 Å². The molecule has 5 fully saturated rings. The highest BCUT2D eigenvalue weighted by atomic mass is 32.2. The first kappa shape index (κ1) is 20.2. The number of benzene rings is 1. The molecule has 0 spiro atoms. The number of nitrogens with zero attached hydrogens (tertiary/aromatic N) is 1. The van der Waals surface area contributed by atoms with Gasteiger partial charge in [0.25, 0.3) is 0 Å². The van der Waals surface area contributed by atoms with Gasteiger partial charge in [0.2, 0.25) is 10.0 Å². The van der Waals surface area contributed by atoms with E-state index in [0.717, 1.165) is 43.1 Å². The van der Waals surface area contributed by atoms with Crippen LogP contribution in [0.1, 0.15) is 44.9 Å².